The molecule has 1 aromatic carbocycles. The van der Waals surface area contributed by atoms with E-state index in [4.69, 9.17) is 4.52 Å². The van der Waals surface area contributed by atoms with E-state index in [1.54, 1.807) is 23.5 Å². The van der Waals surface area contributed by atoms with Crippen molar-refractivity contribution in [1.82, 2.24) is 15.5 Å². The van der Waals surface area contributed by atoms with Gasteiger partial charge >= 0.3 is 0 Å². The molecule has 1 fully saturated rings. The van der Waals surface area contributed by atoms with Gasteiger partial charge in [-0.15, -0.1) is 0 Å². The molecule has 4 rings (SSSR count). The van der Waals surface area contributed by atoms with Gasteiger partial charge in [-0.1, -0.05) is 36.6 Å². The summed E-state index contributed by atoms with van der Waals surface area (Å²) in [5, 5.41) is 11.1. The minimum atomic E-state index is -0.649. The van der Waals surface area contributed by atoms with Crippen LogP contribution in [-0.4, -0.2) is 16.0 Å². The Labute approximate surface area is 160 Å². The molecule has 1 aliphatic carbocycles. The Bertz CT molecular complexity index is 917. The lowest BCUT2D eigenvalue weighted by Gasteiger charge is -2.34. The van der Waals surface area contributed by atoms with Crippen molar-refractivity contribution in [3.63, 3.8) is 0 Å². The highest BCUT2D eigenvalue weighted by molar-refractivity contribution is 7.08. The number of benzene rings is 1. The van der Waals surface area contributed by atoms with Crippen molar-refractivity contribution < 1.29 is 13.7 Å². The van der Waals surface area contributed by atoms with Crippen LogP contribution in [0.25, 0.3) is 11.4 Å². The first-order chi connectivity index (χ1) is 13.1. The molecule has 140 valence electrons. The summed E-state index contributed by atoms with van der Waals surface area (Å²) < 4.78 is 19.0. The third-order valence-corrected chi connectivity index (χ3v) is 5.64. The quantitative estimate of drug-likeness (QED) is 0.704. The van der Waals surface area contributed by atoms with Gasteiger partial charge in [0.1, 0.15) is 11.4 Å². The summed E-state index contributed by atoms with van der Waals surface area (Å²) in [4.78, 5) is 17.3. The number of nitrogens with one attached hydrogen (secondary N) is 1. The molecular formula is C20H20FN3O2S. The molecule has 0 aliphatic heterocycles. The number of carbonyl (C=O) groups is 1. The maximum absolute atomic E-state index is 13.4. The number of hydrogen-bond donors (Lipinski definition) is 1. The van der Waals surface area contributed by atoms with Gasteiger partial charge in [0.25, 0.3) is 5.89 Å². The molecular weight excluding hydrogens is 365 g/mol. The minimum absolute atomic E-state index is 0.116. The van der Waals surface area contributed by atoms with Crippen LogP contribution in [-0.2, 0) is 16.8 Å². The van der Waals surface area contributed by atoms with Crippen LogP contribution in [0.3, 0.4) is 0 Å². The zero-order valence-electron chi connectivity index (χ0n) is 14.8. The maximum Gasteiger partial charge on any atom is 0.252 e. The third kappa shape index (κ3) is 3.93. The van der Waals surface area contributed by atoms with Crippen molar-refractivity contribution in [1.29, 1.82) is 0 Å². The lowest BCUT2D eigenvalue weighted by atomic mass is 9.81. The number of nitrogens with zero attached hydrogens (tertiary/aromatic N) is 2. The number of halogens is 1. The van der Waals surface area contributed by atoms with Crippen molar-refractivity contribution in [2.24, 2.45) is 0 Å². The molecule has 0 atom stereocenters. The van der Waals surface area contributed by atoms with Crippen molar-refractivity contribution in [3.05, 3.63) is 58.4 Å². The van der Waals surface area contributed by atoms with E-state index in [9.17, 15) is 9.18 Å². The van der Waals surface area contributed by atoms with E-state index in [-0.39, 0.29) is 18.1 Å². The number of rotatable bonds is 5. The van der Waals surface area contributed by atoms with Crippen molar-refractivity contribution >= 4 is 17.2 Å². The second-order valence-electron chi connectivity index (χ2n) is 6.93. The topological polar surface area (TPSA) is 68.0 Å². The number of carbonyl (C=O) groups excluding carboxylic acids is 1. The fourth-order valence-corrected chi connectivity index (χ4v) is 4.25. The first-order valence-electron chi connectivity index (χ1n) is 9.07. The van der Waals surface area contributed by atoms with Gasteiger partial charge in [-0.25, -0.2) is 4.39 Å². The fraction of sp³-hybridized carbons (Fsp3) is 0.350. The summed E-state index contributed by atoms with van der Waals surface area (Å²) in [5.74, 6) is 0.481. The molecule has 1 N–H and O–H groups in total. The van der Waals surface area contributed by atoms with Gasteiger partial charge in [0.05, 0.1) is 6.42 Å². The fourth-order valence-electron chi connectivity index (χ4n) is 3.62. The van der Waals surface area contributed by atoms with E-state index < -0.39 is 5.54 Å². The zero-order valence-corrected chi connectivity index (χ0v) is 15.6. The smallest absolute Gasteiger partial charge is 0.252 e. The summed E-state index contributed by atoms with van der Waals surface area (Å²) >= 11 is 1.57. The minimum Gasteiger partial charge on any atom is -0.341 e. The van der Waals surface area contributed by atoms with Crippen LogP contribution in [0.15, 0.2) is 45.6 Å². The molecule has 7 heteroatoms. The first kappa shape index (κ1) is 17.9. The molecule has 2 heterocycles. The Hall–Kier alpha value is -2.54. The van der Waals surface area contributed by atoms with E-state index in [1.165, 1.54) is 12.1 Å². The van der Waals surface area contributed by atoms with E-state index in [2.05, 4.69) is 15.5 Å². The number of thiophene rings is 1. The Morgan fingerprint density at radius 2 is 2.11 bits per heavy atom. The van der Waals surface area contributed by atoms with E-state index in [1.807, 2.05) is 16.8 Å². The van der Waals surface area contributed by atoms with Crippen molar-refractivity contribution in [3.8, 4) is 11.4 Å². The van der Waals surface area contributed by atoms with Crippen LogP contribution in [0.2, 0.25) is 0 Å². The van der Waals surface area contributed by atoms with Gasteiger partial charge in [0.15, 0.2) is 0 Å². The Kier molecular flexibility index (Phi) is 5.03. The second kappa shape index (κ2) is 7.60. The predicted molar refractivity (Wildman–Crippen MR) is 101 cm³/mol. The molecule has 5 nitrogen and oxygen atoms in total. The summed E-state index contributed by atoms with van der Waals surface area (Å²) in [6.07, 6.45) is 4.71. The Morgan fingerprint density at radius 3 is 2.85 bits per heavy atom. The third-order valence-electron chi connectivity index (χ3n) is 4.95. The van der Waals surface area contributed by atoms with Gasteiger partial charge < -0.3 is 9.84 Å². The molecule has 0 spiro atoms. The molecule has 27 heavy (non-hydrogen) atoms. The van der Waals surface area contributed by atoms with E-state index in [0.717, 1.165) is 37.7 Å². The highest BCUT2D eigenvalue weighted by Crippen LogP contribution is 2.37. The molecule has 0 saturated heterocycles. The molecule has 1 amide bonds. The van der Waals surface area contributed by atoms with Gasteiger partial charge in [-0.2, -0.15) is 16.3 Å². The standard InChI is InChI=1S/C20H20FN3O2S/c21-16-6-4-5-14(11-16)12-17(25)23-20(8-2-1-3-9-20)19-22-18(24-26-19)15-7-10-27-13-15/h4-7,10-11,13H,1-3,8-9,12H2,(H,23,25). The monoisotopic (exact) mass is 385 g/mol. The Balaban J connectivity index is 1.56. The van der Waals surface area contributed by atoms with E-state index >= 15 is 0 Å². The molecule has 1 saturated carbocycles. The number of aromatic nitrogens is 2. The average molecular weight is 385 g/mol. The lowest BCUT2D eigenvalue weighted by molar-refractivity contribution is -0.123. The Morgan fingerprint density at radius 1 is 1.26 bits per heavy atom. The SMILES string of the molecule is O=C(Cc1cccc(F)c1)NC1(c2nc(-c3ccsc3)no2)CCCCC1. The van der Waals surface area contributed by atoms with Gasteiger partial charge in [-0.3, -0.25) is 4.79 Å². The first-order valence-corrected chi connectivity index (χ1v) is 10.0. The highest BCUT2D eigenvalue weighted by atomic mass is 32.1. The van der Waals surface area contributed by atoms with Gasteiger partial charge in [0.2, 0.25) is 11.7 Å². The van der Waals surface area contributed by atoms with Crippen LogP contribution in [0.4, 0.5) is 4.39 Å². The van der Waals surface area contributed by atoms with Crippen LogP contribution < -0.4 is 5.32 Å². The number of amides is 1. The van der Waals surface area contributed by atoms with Crippen LogP contribution in [0.1, 0.15) is 43.6 Å². The van der Waals surface area contributed by atoms with E-state index in [0.29, 0.717) is 17.3 Å². The molecule has 0 bridgehead atoms. The van der Waals surface area contributed by atoms with Crippen molar-refractivity contribution in [2.45, 2.75) is 44.1 Å². The summed E-state index contributed by atoms with van der Waals surface area (Å²) in [7, 11) is 0. The van der Waals surface area contributed by atoms with Crippen LogP contribution in [0.5, 0.6) is 0 Å². The maximum atomic E-state index is 13.4. The normalized spacial score (nSPS) is 16.2. The zero-order chi connectivity index (χ0) is 18.7. The lowest BCUT2D eigenvalue weighted by Crippen LogP contribution is -2.48. The van der Waals surface area contributed by atoms with Crippen LogP contribution >= 0.6 is 11.3 Å². The summed E-state index contributed by atoms with van der Waals surface area (Å²) in [5.41, 5.74) is 0.902. The predicted octanol–water partition coefficient (Wildman–Crippen LogP) is 4.46. The largest absolute Gasteiger partial charge is 0.341 e. The van der Waals surface area contributed by atoms with Crippen LogP contribution in [0, 0.1) is 5.82 Å². The molecule has 1 aliphatic rings. The summed E-state index contributed by atoms with van der Waals surface area (Å²) in [6.45, 7) is 0. The summed E-state index contributed by atoms with van der Waals surface area (Å²) in [6, 6.07) is 8.05. The molecule has 3 aromatic rings. The molecule has 2 aromatic heterocycles. The molecule has 0 radical (unpaired) electrons. The number of hydrogen-bond acceptors (Lipinski definition) is 5. The van der Waals surface area contributed by atoms with Gasteiger partial charge in [-0.05, 0) is 42.0 Å². The molecule has 0 unspecified atom stereocenters. The van der Waals surface area contributed by atoms with Crippen molar-refractivity contribution in [2.75, 3.05) is 0 Å². The highest BCUT2D eigenvalue weighted by Gasteiger charge is 2.40. The second-order valence-corrected chi connectivity index (χ2v) is 7.71. The van der Waals surface area contributed by atoms with Gasteiger partial charge in [0, 0.05) is 10.9 Å². The average Bonchev–Trinajstić information content (AvgIpc) is 3.34.